The molecule has 4 aromatic carbocycles. The molecule has 0 amide bonds. The lowest BCUT2D eigenvalue weighted by molar-refractivity contribution is -0.187. The highest BCUT2D eigenvalue weighted by atomic mass is 32.2. The zero-order chi connectivity index (χ0) is 34.2. The zero-order valence-corrected chi connectivity index (χ0v) is 28.6. The largest absolute Gasteiger partial charge is 0.374 e. The van der Waals surface area contributed by atoms with Gasteiger partial charge in [0, 0.05) is 0 Å². The molecule has 0 heterocycles. The summed E-state index contributed by atoms with van der Waals surface area (Å²) in [6, 6.07) is 37.4. The van der Waals surface area contributed by atoms with Gasteiger partial charge in [-0.3, -0.25) is 8.37 Å². The summed E-state index contributed by atoms with van der Waals surface area (Å²) in [5.41, 5.74) is 3.32. The van der Waals surface area contributed by atoms with Crippen molar-refractivity contribution >= 4 is 20.2 Å². The van der Waals surface area contributed by atoms with Crippen LogP contribution in [0.2, 0.25) is 0 Å². The van der Waals surface area contributed by atoms with Gasteiger partial charge in [0.1, 0.15) is 24.4 Å². The molecule has 4 rings (SSSR count). The lowest BCUT2D eigenvalue weighted by Crippen LogP contribution is -2.52. The summed E-state index contributed by atoms with van der Waals surface area (Å²) in [6.45, 7) is -0.264. The number of hydrogen-bond donors (Lipinski definition) is 0. The summed E-state index contributed by atoms with van der Waals surface area (Å²) in [6.07, 6.45) is -2.66. The van der Waals surface area contributed by atoms with Crippen LogP contribution in [-0.2, 0) is 74.0 Å². The topological polar surface area (TPSA) is 124 Å². The van der Waals surface area contributed by atoms with E-state index >= 15 is 0 Å². The van der Waals surface area contributed by atoms with Crippen LogP contribution in [0.3, 0.4) is 0 Å². The minimum atomic E-state index is -4.05. The highest BCUT2D eigenvalue weighted by Gasteiger charge is 2.41. The van der Waals surface area contributed by atoms with Gasteiger partial charge in [0.15, 0.2) is 0 Å². The third-order valence-electron chi connectivity index (χ3n) is 7.07. The van der Waals surface area contributed by atoms with E-state index in [4.69, 9.17) is 27.3 Å². The van der Waals surface area contributed by atoms with E-state index in [9.17, 15) is 16.8 Å². The Bertz CT molecular complexity index is 1690. The highest BCUT2D eigenvalue weighted by Crippen LogP contribution is 2.24. The van der Waals surface area contributed by atoms with Crippen molar-refractivity contribution < 1.29 is 44.1 Å². The van der Waals surface area contributed by atoms with Crippen molar-refractivity contribution in [2.75, 3.05) is 25.7 Å². The van der Waals surface area contributed by atoms with Crippen molar-refractivity contribution in [1.82, 2.24) is 0 Å². The molecule has 10 nitrogen and oxygen atoms in total. The third-order valence-corrected chi connectivity index (χ3v) is 8.23. The average Bonchev–Trinajstić information content (AvgIpc) is 3.07. The van der Waals surface area contributed by atoms with Crippen LogP contribution < -0.4 is 0 Å². The molecule has 0 saturated carbocycles. The third kappa shape index (κ3) is 14.0. The summed E-state index contributed by atoms with van der Waals surface area (Å²) in [5.74, 6) is 0. The number of hydrogen-bond acceptors (Lipinski definition) is 10. The quantitative estimate of drug-likeness (QED) is 0.106. The molecule has 48 heavy (non-hydrogen) atoms. The molecule has 0 saturated heterocycles. The maximum Gasteiger partial charge on any atom is 0.264 e. The van der Waals surface area contributed by atoms with Crippen molar-refractivity contribution in [3.8, 4) is 0 Å². The highest BCUT2D eigenvalue weighted by molar-refractivity contribution is 7.86. The predicted octanol–water partition coefficient (Wildman–Crippen LogP) is 5.28. The minimum Gasteiger partial charge on any atom is -0.374 e. The van der Waals surface area contributed by atoms with Gasteiger partial charge in [-0.15, -0.1) is 0 Å². The van der Waals surface area contributed by atoms with Gasteiger partial charge in [-0.25, -0.2) is 0 Å². The second-order valence-corrected chi connectivity index (χ2v) is 14.4. The van der Waals surface area contributed by atoms with Crippen molar-refractivity contribution in [3.05, 3.63) is 144 Å². The summed E-state index contributed by atoms with van der Waals surface area (Å²) < 4.78 is 86.0. The fraction of sp³-hybridized carbons (Fsp3) is 0.333. The van der Waals surface area contributed by atoms with Gasteiger partial charge in [0.25, 0.3) is 20.2 Å². The van der Waals surface area contributed by atoms with E-state index in [-0.39, 0.29) is 33.0 Å². The molecule has 0 radical (unpaired) electrons. The molecule has 0 aliphatic heterocycles. The Morgan fingerprint density at radius 2 is 0.833 bits per heavy atom. The molecule has 4 unspecified atom stereocenters. The summed E-state index contributed by atoms with van der Waals surface area (Å²) in [5, 5.41) is 0. The number of ether oxygens (including phenoxy) is 4. The Labute approximate surface area is 283 Å². The fourth-order valence-corrected chi connectivity index (χ4v) is 5.83. The van der Waals surface area contributed by atoms with Crippen molar-refractivity contribution in [3.63, 3.8) is 0 Å². The van der Waals surface area contributed by atoms with E-state index in [1.807, 2.05) is 121 Å². The van der Waals surface area contributed by atoms with Crippen LogP contribution in [0.1, 0.15) is 22.3 Å². The van der Waals surface area contributed by atoms with Gasteiger partial charge in [0.2, 0.25) is 0 Å². The Hall–Kier alpha value is -3.46. The maximum absolute atomic E-state index is 12.7. The maximum atomic E-state index is 12.7. The number of benzene rings is 4. The first-order valence-electron chi connectivity index (χ1n) is 15.4. The second-order valence-electron chi connectivity index (χ2n) is 11.2. The number of rotatable bonds is 21. The predicted molar refractivity (Wildman–Crippen MR) is 182 cm³/mol. The molecule has 0 aliphatic carbocycles. The van der Waals surface area contributed by atoms with Gasteiger partial charge in [-0.05, 0) is 22.3 Å². The minimum absolute atomic E-state index is 0.0529. The standard InChI is InChI=1S/C36H42O10S2/c1-47(37,38)45-28-33(42-24-30-17-9-4-10-18-30)35(43-25-31-19-11-5-12-20-31)36(44-26-32-21-13-6-14-22-32)34(46-48(2,39)40)27-41-23-29-15-7-3-8-16-29/h3-22,33-36H,23-28H2,1-2H3. The molecule has 0 N–H and O–H groups in total. The van der Waals surface area contributed by atoms with Crippen LogP contribution in [-0.4, -0.2) is 67.0 Å². The molecule has 12 heteroatoms. The van der Waals surface area contributed by atoms with E-state index in [2.05, 4.69) is 0 Å². The van der Waals surface area contributed by atoms with Crippen LogP contribution in [0.4, 0.5) is 0 Å². The van der Waals surface area contributed by atoms with Crippen LogP contribution in [0, 0.1) is 0 Å². The van der Waals surface area contributed by atoms with Crippen LogP contribution in [0.25, 0.3) is 0 Å². The Balaban J connectivity index is 1.73. The smallest absolute Gasteiger partial charge is 0.264 e. The first-order valence-corrected chi connectivity index (χ1v) is 19.0. The van der Waals surface area contributed by atoms with Crippen molar-refractivity contribution in [2.24, 2.45) is 0 Å². The molecule has 258 valence electrons. The Morgan fingerprint density at radius 3 is 1.23 bits per heavy atom. The second kappa shape index (κ2) is 18.9. The van der Waals surface area contributed by atoms with Crippen molar-refractivity contribution in [1.29, 1.82) is 0 Å². The first-order chi connectivity index (χ1) is 23.1. The van der Waals surface area contributed by atoms with E-state index in [1.54, 1.807) is 0 Å². The van der Waals surface area contributed by atoms with Crippen molar-refractivity contribution in [2.45, 2.75) is 50.8 Å². The summed E-state index contributed by atoms with van der Waals surface area (Å²) in [7, 11) is -7.95. The molecular weight excluding hydrogens is 657 g/mol. The first kappa shape index (κ1) is 37.4. The van der Waals surface area contributed by atoms with Crippen LogP contribution in [0.5, 0.6) is 0 Å². The van der Waals surface area contributed by atoms with Gasteiger partial charge in [0.05, 0.1) is 52.2 Å². The summed E-state index contributed by atoms with van der Waals surface area (Å²) >= 11 is 0. The average molecular weight is 699 g/mol. The molecule has 0 bridgehead atoms. The van der Waals surface area contributed by atoms with E-state index < -0.39 is 51.3 Å². The molecule has 0 aliphatic rings. The SMILES string of the molecule is CS(=O)(=O)OCC(OCc1ccccc1)C(OCc1ccccc1)C(OCc1ccccc1)C(COCc1ccccc1)OS(C)(=O)=O. The van der Waals surface area contributed by atoms with E-state index in [0.29, 0.717) is 0 Å². The normalized spacial score (nSPS) is 14.6. The molecule has 0 fully saturated rings. The summed E-state index contributed by atoms with van der Waals surface area (Å²) in [4.78, 5) is 0. The lowest BCUT2D eigenvalue weighted by atomic mass is 10.0. The van der Waals surface area contributed by atoms with Crippen LogP contribution in [0.15, 0.2) is 121 Å². The molecule has 0 spiro atoms. The van der Waals surface area contributed by atoms with Gasteiger partial charge in [-0.1, -0.05) is 121 Å². The van der Waals surface area contributed by atoms with Gasteiger partial charge in [-0.2, -0.15) is 16.8 Å². The van der Waals surface area contributed by atoms with Crippen LogP contribution >= 0.6 is 0 Å². The molecule has 4 atom stereocenters. The molecular formula is C36H42O10S2. The van der Waals surface area contributed by atoms with Gasteiger partial charge < -0.3 is 18.9 Å². The fourth-order valence-electron chi connectivity index (χ4n) is 4.84. The van der Waals surface area contributed by atoms with E-state index in [1.165, 1.54) is 0 Å². The molecule has 0 aromatic heterocycles. The van der Waals surface area contributed by atoms with E-state index in [0.717, 1.165) is 34.8 Å². The zero-order valence-electron chi connectivity index (χ0n) is 27.0. The monoisotopic (exact) mass is 698 g/mol. The molecule has 4 aromatic rings. The Morgan fingerprint density at radius 1 is 0.458 bits per heavy atom. The Kier molecular flexibility index (Phi) is 14.7. The lowest BCUT2D eigenvalue weighted by Gasteiger charge is -2.37. The van der Waals surface area contributed by atoms with Gasteiger partial charge >= 0.3 is 0 Å².